The van der Waals surface area contributed by atoms with Crippen LogP contribution in [0.15, 0.2) is 34.1 Å². The summed E-state index contributed by atoms with van der Waals surface area (Å²) in [6.07, 6.45) is -4.55. The molecule has 1 aromatic carbocycles. The van der Waals surface area contributed by atoms with Gasteiger partial charge in [-0.15, -0.1) is 11.3 Å². The molecule has 2 nitrogen and oxygen atoms in total. The van der Waals surface area contributed by atoms with E-state index in [0.29, 0.717) is 5.69 Å². The highest BCUT2D eigenvalue weighted by Crippen LogP contribution is 2.35. The molecule has 1 aromatic heterocycles. The number of alkyl halides is 3. The van der Waals surface area contributed by atoms with Gasteiger partial charge in [-0.3, -0.25) is 0 Å². The maximum absolute atomic E-state index is 12.9. The third-order valence-corrected chi connectivity index (χ3v) is 4.92. The predicted molar refractivity (Wildman–Crippen MR) is 80.2 cm³/mol. The summed E-state index contributed by atoms with van der Waals surface area (Å²) >= 11 is 4.91. The number of rotatable bonds is 3. The van der Waals surface area contributed by atoms with Gasteiger partial charge in [-0.1, -0.05) is 0 Å². The summed E-state index contributed by atoms with van der Waals surface area (Å²) < 4.78 is 39.6. The Morgan fingerprint density at radius 1 is 1.33 bits per heavy atom. The van der Waals surface area contributed by atoms with Crippen LogP contribution in [-0.2, 0) is 6.18 Å². The van der Waals surface area contributed by atoms with Gasteiger partial charge in [0.25, 0.3) is 0 Å². The zero-order valence-electron chi connectivity index (χ0n) is 10.8. The second kappa shape index (κ2) is 6.08. The fourth-order valence-electron chi connectivity index (χ4n) is 1.90. The first-order valence-corrected chi connectivity index (χ1v) is 7.61. The van der Waals surface area contributed by atoms with Crippen LogP contribution in [0.5, 0.6) is 0 Å². The first kappa shape index (κ1) is 15.9. The Morgan fingerprint density at radius 2 is 2.05 bits per heavy atom. The number of nitrogens with zero attached hydrogens (tertiary/aromatic N) is 1. The van der Waals surface area contributed by atoms with Crippen LogP contribution in [-0.4, -0.2) is 0 Å². The Morgan fingerprint density at radius 3 is 2.57 bits per heavy atom. The quantitative estimate of drug-likeness (QED) is 0.761. The molecular weight excluding hydrogens is 365 g/mol. The smallest absolute Gasteiger partial charge is 0.378 e. The fraction of sp³-hybridized carbons (Fsp3) is 0.214. The highest BCUT2D eigenvalue weighted by Gasteiger charge is 2.34. The van der Waals surface area contributed by atoms with Crippen LogP contribution < -0.4 is 5.32 Å². The van der Waals surface area contributed by atoms with Crippen molar-refractivity contribution in [1.82, 2.24) is 0 Å². The molecule has 110 valence electrons. The normalized spacial score (nSPS) is 12.8. The van der Waals surface area contributed by atoms with Gasteiger partial charge < -0.3 is 5.32 Å². The lowest BCUT2D eigenvalue weighted by atomic mass is 10.1. The number of hydrogen-bond donors (Lipinski definition) is 1. The molecule has 0 saturated heterocycles. The van der Waals surface area contributed by atoms with Gasteiger partial charge in [0.05, 0.1) is 23.2 Å². The molecule has 0 aliphatic carbocycles. The number of benzene rings is 1. The standard InChI is InChI=1S/C14H10BrF3N2S/c1-8(13-12(15)4-5-21-13)20-10-3-2-9(7-19)11(6-10)14(16,17)18/h2-6,8,20H,1H3. The lowest BCUT2D eigenvalue weighted by Gasteiger charge is -2.17. The van der Waals surface area contributed by atoms with Crippen molar-refractivity contribution >= 4 is 33.0 Å². The molecule has 7 heteroatoms. The van der Waals surface area contributed by atoms with Gasteiger partial charge in [0, 0.05) is 15.0 Å². The Balaban J connectivity index is 2.30. The molecular formula is C14H10BrF3N2S. The summed E-state index contributed by atoms with van der Waals surface area (Å²) in [7, 11) is 0. The number of nitrogens with one attached hydrogen (secondary N) is 1. The van der Waals surface area contributed by atoms with E-state index in [9.17, 15) is 13.2 Å². The summed E-state index contributed by atoms with van der Waals surface area (Å²) in [6, 6.07) is 6.94. The third-order valence-electron chi connectivity index (χ3n) is 2.87. The number of nitriles is 1. The summed E-state index contributed by atoms with van der Waals surface area (Å²) in [5, 5.41) is 13.7. The average Bonchev–Trinajstić information content (AvgIpc) is 2.84. The van der Waals surface area contributed by atoms with Crippen LogP contribution in [0, 0.1) is 11.3 Å². The number of thiophene rings is 1. The van der Waals surface area contributed by atoms with E-state index in [-0.39, 0.29) is 11.6 Å². The number of halogens is 4. The van der Waals surface area contributed by atoms with Crippen molar-refractivity contribution < 1.29 is 13.2 Å². The largest absolute Gasteiger partial charge is 0.417 e. The Kier molecular flexibility index (Phi) is 4.59. The second-order valence-corrected chi connectivity index (χ2v) is 6.17. The van der Waals surface area contributed by atoms with E-state index < -0.39 is 11.7 Å². The SMILES string of the molecule is CC(Nc1ccc(C#N)c(C(F)(F)F)c1)c1sccc1Br. The van der Waals surface area contributed by atoms with E-state index in [4.69, 9.17) is 5.26 Å². The molecule has 0 amide bonds. The predicted octanol–water partition coefficient (Wildman–Crippen LogP) is 5.57. The highest BCUT2D eigenvalue weighted by molar-refractivity contribution is 9.10. The van der Waals surface area contributed by atoms with Crippen LogP contribution in [0.2, 0.25) is 0 Å². The van der Waals surface area contributed by atoms with Gasteiger partial charge in [0.1, 0.15) is 0 Å². The van der Waals surface area contributed by atoms with Crippen LogP contribution in [0.25, 0.3) is 0 Å². The van der Waals surface area contributed by atoms with E-state index in [1.807, 2.05) is 18.4 Å². The summed E-state index contributed by atoms with van der Waals surface area (Å²) in [4.78, 5) is 0.993. The zero-order chi connectivity index (χ0) is 15.6. The number of hydrogen-bond acceptors (Lipinski definition) is 3. The Labute approximate surface area is 132 Å². The molecule has 0 spiro atoms. The summed E-state index contributed by atoms with van der Waals surface area (Å²) in [5.41, 5.74) is -0.973. The van der Waals surface area contributed by atoms with Crippen molar-refractivity contribution in [2.75, 3.05) is 5.32 Å². The van der Waals surface area contributed by atoms with Crippen LogP contribution in [0.1, 0.15) is 29.0 Å². The van der Waals surface area contributed by atoms with Gasteiger partial charge in [0.2, 0.25) is 0 Å². The minimum atomic E-state index is -4.55. The molecule has 0 bridgehead atoms. The van der Waals surface area contributed by atoms with E-state index in [0.717, 1.165) is 15.4 Å². The summed E-state index contributed by atoms with van der Waals surface area (Å²) in [5.74, 6) is 0. The first-order valence-electron chi connectivity index (χ1n) is 5.93. The first-order chi connectivity index (χ1) is 9.82. The van der Waals surface area contributed by atoms with E-state index in [2.05, 4.69) is 21.2 Å². The monoisotopic (exact) mass is 374 g/mol. The maximum Gasteiger partial charge on any atom is 0.417 e. The molecule has 0 aliphatic rings. The van der Waals surface area contributed by atoms with Gasteiger partial charge in [-0.2, -0.15) is 18.4 Å². The molecule has 2 rings (SSSR count). The molecule has 1 N–H and O–H groups in total. The summed E-state index contributed by atoms with van der Waals surface area (Å²) in [6.45, 7) is 1.86. The molecule has 0 fully saturated rings. The van der Waals surface area contributed by atoms with Crippen molar-refractivity contribution in [2.24, 2.45) is 0 Å². The van der Waals surface area contributed by atoms with Gasteiger partial charge >= 0.3 is 6.18 Å². The molecule has 1 heterocycles. The van der Waals surface area contributed by atoms with Crippen molar-refractivity contribution in [1.29, 1.82) is 5.26 Å². The molecule has 2 aromatic rings. The van der Waals surface area contributed by atoms with Crippen molar-refractivity contribution in [3.05, 3.63) is 50.1 Å². The van der Waals surface area contributed by atoms with Crippen LogP contribution in [0.3, 0.4) is 0 Å². The second-order valence-electron chi connectivity index (χ2n) is 4.37. The fourth-order valence-corrected chi connectivity index (χ4v) is 3.62. The lowest BCUT2D eigenvalue weighted by Crippen LogP contribution is -2.10. The Bertz CT molecular complexity index is 688. The van der Waals surface area contributed by atoms with Crippen molar-refractivity contribution in [3.8, 4) is 6.07 Å². The van der Waals surface area contributed by atoms with Crippen molar-refractivity contribution in [2.45, 2.75) is 19.1 Å². The highest BCUT2D eigenvalue weighted by atomic mass is 79.9. The van der Waals surface area contributed by atoms with E-state index in [1.165, 1.54) is 23.5 Å². The van der Waals surface area contributed by atoms with Crippen LogP contribution >= 0.6 is 27.3 Å². The molecule has 1 unspecified atom stereocenters. The van der Waals surface area contributed by atoms with Crippen molar-refractivity contribution in [3.63, 3.8) is 0 Å². The minimum absolute atomic E-state index is 0.145. The number of anilines is 1. The third kappa shape index (κ3) is 3.57. The van der Waals surface area contributed by atoms with Gasteiger partial charge in [0.15, 0.2) is 0 Å². The van der Waals surface area contributed by atoms with E-state index >= 15 is 0 Å². The topological polar surface area (TPSA) is 35.8 Å². The molecule has 0 saturated carbocycles. The van der Waals surface area contributed by atoms with Gasteiger partial charge in [-0.05, 0) is 52.5 Å². The average molecular weight is 375 g/mol. The van der Waals surface area contributed by atoms with Gasteiger partial charge in [-0.25, -0.2) is 0 Å². The minimum Gasteiger partial charge on any atom is -0.378 e. The van der Waals surface area contributed by atoms with Crippen LogP contribution in [0.4, 0.5) is 18.9 Å². The maximum atomic E-state index is 12.9. The molecule has 21 heavy (non-hydrogen) atoms. The molecule has 0 radical (unpaired) electrons. The lowest BCUT2D eigenvalue weighted by molar-refractivity contribution is -0.137. The Hall–Kier alpha value is -1.52. The molecule has 0 aliphatic heterocycles. The zero-order valence-corrected chi connectivity index (χ0v) is 13.2. The molecule has 1 atom stereocenters. The van der Waals surface area contributed by atoms with E-state index in [1.54, 1.807) is 6.07 Å².